The molecule has 24 heavy (non-hydrogen) atoms. The summed E-state index contributed by atoms with van der Waals surface area (Å²) < 4.78 is 0. The molecule has 0 fully saturated rings. The van der Waals surface area contributed by atoms with Gasteiger partial charge in [0.15, 0.2) is 5.13 Å². The molecule has 0 saturated heterocycles. The van der Waals surface area contributed by atoms with E-state index < -0.39 is 0 Å². The highest BCUT2D eigenvalue weighted by molar-refractivity contribution is 7.13. The van der Waals surface area contributed by atoms with E-state index in [0.717, 1.165) is 16.5 Å². The first-order valence-electron chi connectivity index (χ1n) is 7.46. The number of hydrogen-bond donors (Lipinski definition) is 2. The number of rotatable bonds is 4. The molecule has 1 aromatic carbocycles. The summed E-state index contributed by atoms with van der Waals surface area (Å²) in [6, 6.07) is 7.34. The molecule has 2 N–H and O–H groups in total. The quantitative estimate of drug-likeness (QED) is 0.894. The summed E-state index contributed by atoms with van der Waals surface area (Å²) in [5.41, 5.74) is 2.89. The number of amides is 2. The first-order chi connectivity index (χ1) is 11.5. The average Bonchev–Trinajstić information content (AvgIpc) is 2.97. The Balaban J connectivity index is 1.62. The molecular weight excluding hydrogens is 326 g/mol. The van der Waals surface area contributed by atoms with Gasteiger partial charge in [0.2, 0.25) is 5.91 Å². The smallest absolute Gasteiger partial charge is 0.271 e. The molecule has 0 spiro atoms. The summed E-state index contributed by atoms with van der Waals surface area (Å²) in [5.74, 6) is -0.370. The molecule has 0 atom stereocenters. The second-order valence-corrected chi connectivity index (χ2v) is 6.27. The van der Waals surface area contributed by atoms with Crippen molar-refractivity contribution in [3.05, 3.63) is 35.3 Å². The van der Waals surface area contributed by atoms with Gasteiger partial charge in [0.25, 0.3) is 5.91 Å². The van der Waals surface area contributed by atoms with Crippen LogP contribution in [0, 0.1) is 6.92 Å². The minimum atomic E-state index is -0.286. The number of aromatic nitrogens is 1. The lowest BCUT2D eigenvalue weighted by Crippen LogP contribution is -2.34. The SMILES string of the molecule is Cc1csc(Nc2ccc(NC(=O)C3=NN(C)C(=O)CC3)cc2)n1. The molecular formula is C16H17N5O2S. The third-order valence-electron chi connectivity index (χ3n) is 3.48. The normalized spacial score (nSPS) is 14.3. The van der Waals surface area contributed by atoms with E-state index in [0.29, 0.717) is 24.2 Å². The molecule has 1 aliphatic rings. The summed E-state index contributed by atoms with van der Waals surface area (Å²) in [5, 5.41) is 14.0. The van der Waals surface area contributed by atoms with Crippen LogP contribution in [-0.4, -0.2) is 34.6 Å². The van der Waals surface area contributed by atoms with Gasteiger partial charge in [-0.2, -0.15) is 5.10 Å². The Kier molecular flexibility index (Phi) is 4.57. The van der Waals surface area contributed by atoms with Gasteiger partial charge in [0.05, 0.1) is 5.69 Å². The molecule has 8 heteroatoms. The fourth-order valence-electron chi connectivity index (χ4n) is 2.21. The van der Waals surface area contributed by atoms with Gasteiger partial charge in [-0.3, -0.25) is 9.59 Å². The molecule has 1 aromatic heterocycles. The van der Waals surface area contributed by atoms with Crippen molar-refractivity contribution in [2.24, 2.45) is 5.10 Å². The van der Waals surface area contributed by atoms with Crippen molar-refractivity contribution in [3.8, 4) is 0 Å². The van der Waals surface area contributed by atoms with Crippen LogP contribution in [0.4, 0.5) is 16.5 Å². The van der Waals surface area contributed by atoms with Gasteiger partial charge in [0, 0.05) is 36.6 Å². The molecule has 7 nitrogen and oxygen atoms in total. The summed E-state index contributed by atoms with van der Waals surface area (Å²) in [6.07, 6.45) is 0.664. The zero-order valence-electron chi connectivity index (χ0n) is 13.4. The summed E-state index contributed by atoms with van der Waals surface area (Å²) in [6.45, 7) is 1.94. The van der Waals surface area contributed by atoms with Crippen molar-refractivity contribution in [2.75, 3.05) is 17.7 Å². The van der Waals surface area contributed by atoms with Crippen LogP contribution in [0.5, 0.6) is 0 Å². The fraction of sp³-hybridized carbons (Fsp3) is 0.250. The van der Waals surface area contributed by atoms with Crippen molar-refractivity contribution in [2.45, 2.75) is 19.8 Å². The number of carbonyl (C=O) groups excluding carboxylic acids is 2. The van der Waals surface area contributed by atoms with Crippen molar-refractivity contribution >= 4 is 45.4 Å². The van der Waals surface area contributed by atoms with Crippen LogP contribution >= 0.6 is 11.3 Å². The minimum absolute atomic E-state index is 0.0839. The van der Waals surface area contributed by atoms with Crippen LogP contribution in [0.25, 0.3) is 0 Å². The minimum Gasteiger partial charge on any atom is -0.332 e. The van der Waals surface area contributed by atoms with E-state index in [4.69, 9.17) is 0 Å². The van der Waals surface area contributed by atoms with Gasteiger partial charge in [-0.1, -0.05) is 0 Å². The Hall–Kier alpha value is -2.74. The Morgan fingerprint density at radius 1 is 1.21 bits per heavy atom. The van der Waals surface area contributed by atoms with Crippen molar-refractivity contribution in [1.82, 2.24) is 9.99 Å². The first kappa shape index (κ1) is 16.1. The van der Waals surface area contributed by atoms with E-state index >= 15 is 0 Å². The number of hydrogen-bond acceptors (Lipinski definition) is 6. The zero-order chi connectivity index (χ0) is 17.1. The average molecular weight is 343 g/mol. The molecule has 2 heterocycles. The monoisotopic (exact) mass is 343 g/mol. The number of nitrogens with one attached hydrogen (secondary N) is 2. The van der Waals surface area contributed by atoms with E-state index in [2.05, 4.69) is 20.7 Å². The fourth-order valence-corrected chi connectivity index (χ4v) is 2.92. The van der Waals surface area contributed by atoms with Crippen LogP contribution in [0.15, 0.2) is 34.7 Å². The third-order valence-corrected chi connectivity index (χ3v) is 4.36. The number of nitrogens with zero attached hydrogens (tertiary/aromatic N) is 3. The number of anilines is 3. The van der Waals surface area contributed by atoms with Crippen LogP contribution in [-0.2, 0) is 9.59 Å². The molecule has 3 rings (SSSR count). The Bertz CT molecular complexity index is 797. The number of benzene rings is 1. The van der Waals surface area contributed by atoms with E-state index in [1.54, 1.807) is 19.2 Å². The Labute approximate surface area is 143 Å². The molecule has 0 saturated carbocycles. The van der Waals surface area contributed by atoms with E-state index in [1.807, 2.05) is 24.4 Å². The number of carbonyl (C=O) groups is 2. The maximum absolute atomic E-state index is 12.2. The number of aryl methyl sites for hydroxylation is 1. The second kappa shape index (κ2) is 6.79. The molecule has 2 amide bonds. The molecule has 2 aromatic rings. The lowest BCUT2D eigenvalue weighted by Gasteiger charge is -2.18. The third kappa shape index (κ3) is 3.77. The van der Waals surface area contributed by atoms with Crippen LogP contribution in [0.3, 0.4) is 0 Å². The van der Waals surface area contributed by atoms with Crippen LogP contribution in [0.1, 0.15) is 18.5 Å². The van der Waals surface area contributed by atoms with Gasteiger partial charge in [-0.15, -0.1) is 11.3 Å². The summed E-state index contributed by atoms with van der Waals surface area (Å²) in [7, 11) is 1.55. The summed E-state index contributed by atoms with van der Waals surface area (Å²) in [4.78, 5) is 27.9. The van der Waals surface area contributed by atoms with Crippen molar-refractivity contribution < 1.29 is 9.59 Å². The highest BCUT2D eigenvalue weighted by atomic mass is 32.1. The highest BCUT2D eigenvalue weighted by Crippen LogP contribution is 2.22. The molecule has 124 valence electrons. The van der Waals surface area contributed by atoms with Crippen molar-refractivity contribution in [1.29, 1.82) is 0 Å². The van der Waals surface area contributed by atoms with Gasteiger partial charge in [-0.05, 0) is 31.2 Å². The molecule has 0 bridgehead atoms. The maximum Gasteiger partial charge on any atom is 0.271 e. The summed E-state index contributed by atoms with van der Waals surface area (Å²) >= 11 is 1.54. The van der Waals surface area contributed by atoms with Gasteiger partial charge in [-0.25, -0.2) is 9.99 Å². The maximum atomic E-state index is 12.2. The van der Waals surface area contributed by atoms with E-state index in [-0.39, 0.29) is 11.8 Å². The lowest BCUT2D eigenvalue weighted by molar-refractivity contribution is -0.130. The Morgan fingerprint density at radius 3 is 2.54 bits per heavy atom. The van der Waals surface area contributed by atoms with Crippen LogP contribution < -0.4 is 10.6 Å². The molecule has 0 radical (unpaired) electrons. The number of hydrazone groups is 1. The van der Waals surface area contributed by atoms with Gasteiger partial charge >= 0.3 is 0 Å². The van der Waals surface area contributed by atoms with Crippen molar-refractivity contribution in [3.63, 3.8) is 0 Å². The van der Waals surface area contributed by atoms with Gasteiger partial charge < -0.3 is 10.6 Å². The van der Waals surface area contributed by atoms with Crippen LogP contribution in [0.2, 0.25) is 0 Å². The second-order valence-electron chi connectivity index (χ2n) is 5.41. The van der Waals surface area contributed by atoms with Gasteiger partial charge in [0.1, 0.15) is 5.71 Å². The highest BCUT2D eigenvalue weighted by Gasteiger charge is 2.21. The number of thiazole rings is 1. The predicted octanol–water partition coefficient (Wildman–Crippen LogP) is 2.74. The molecule has 0 unspecified atom stereocenters. The molecule has 0 aliphatic carbocycles. The van der Waals surface area contributed by atoms with E-state index in [1.165, 1.54) is 16.3 Å². The standard InChI is InChI=1S/C16H17N5O2S/c1-10-9-24-16(17-10)19-12-5-3-11(4-6-12)18-15(23)13-7-8-14(22)21(2)20-13/h3-6,9H,7-8H2,1-2H3,(H,17,19)(H,18,23). The molecule has 1 aliphatic heterocycles. The Morgan fingerprint density at radius 2 is 1.92 bits per heavy atom. The topological polar surface area (TPSA) is 86.7 Å². The zero-order valence-corrected chi connectivity index (χ0v) is 14.2. The first-order valence-corrected chi connectivity index (χ1v) is 8.34. The van der Waals surface area contributed by atoms with E-state index in [9.17, 15) is 9.59 Å². The lowest BCUT2D eigenvalue weighted by atomic mass is 10.1. The largest absolute Gasteiger partial charge is 0.332 e. The predicted molar refractivity (Wildman–Crippen MR) is 94.6 cm³/mol.